The molecule has 0 atom stereocenters. The van der Waals surface area contributed by atoms with Gasteiger partial charge in [0.1, 0.15) is 0 Å². The average molecular weight is 561 g/mol. The van der Waals surface area contributed by atoms with Crippen LogP contribution in [0.1, 0.15) is 37.7 Å². The van der Waals surface area contributed by atoms with Gasteiger partial charge in [-0.1, -0.05) is 35.2 Å². The highest BCUT2D eigenvalue weighted by Gasteiger charge is 2.43. The Morgan fingerprint density at radius 1 is 1.06 bits per heavy atom. The van der Waals surface area contributed by atoms with Crippen molar-refractivity contribution in [3.05, 3.63) is 57.4 Å². The smallest absolute Gasteiger partial charge is 0.267 e. The first-order chi connectivity index (χ1) is 16.2. The Morgan fingerprint density at radius 2 is 1.76 bits per heavy atom. The van der Waals surface area contributed by atoms with Crippen LogP contribution in [-0.4, -0.2) is 36.3 Å². The Morgan fingerprint density at radius 3 is 2.44 bits per heavy atom. The highest BCUT2D eigenvalue weighted by molar-refractivity contribution is 9.10. The van der Waals surface area contributed by atoms with E-state index in [0.29, 0.717) is 32.6 Å². The number of hydrogen-bond donors (Lipinski definition) is 2. The minimum Gasteiger partial charge on any atom is -0.321 e. The van der Waals surface area contributed by atoms with Crippen molar-refractivity contribution in [1.82, 2.24) is 4.90 Å². The third kappa shape index (κ3) is 4.33. The first-order valence-electron chi connectivity index (χ1n) is 10.8. The molecule has 3 aliphatic rings. The number of rotatable bonds is 3. The number of halogens is 1. The van der Waals surface area contributed by atoms with Crippen molar-refractivity contribution in [1.29, 1.82) is 0 Å². The molecule has 8 nitrogen and oxygen atoms in total. The van der Waals surface area contributed by atoms with Gasteiger partial charge < -0.3 is 5.32 Å². The third-order valence-electron chi connectivity index (χ3n) is 6.10. The molecule has 2 fully saturated rings. The number of carbonyl (C=O) groups is 2. The summed E-state index contributed by atoms with van der Waals surface area (Å²) in [7, 11) is -3.82. The summed E-state index contributed by atoms with van der Waals surface area (Å²) in [6.45, 7) is 0. The number of sulfonamides is 1. The van der Waals surface area contributed by atoms with Crippen LogP contribution in [0.25, 0.3) is 5.57 Å². The minimum atomic E-state index is -3.82. The van der Waals surface area contributed by atoms with Crippen molar-refractivity contribution < 1.29 is 18.0 Å². The number of hydrogen-bond acceptors (Lipinski definition) is 6. The van der Waals surface area contributed by atoms with Crippen molar-refractivity contribution in [3.8, 4) is 0 Å². The van der Waals surface area contributed by atoms with Crippen LogP contribution < -0.4 is 10.5 Å². The fraction of sp³-hybridized carbons (Fsp3) is 0.261. The Kier molecular flexibility index (Phi) is 6.13. The molecular weight excluding hydrogens is 540 g/mol. The van der Waals surface area contributed by atoms with Crippen molar-refractivity contribution in [2.24, 2.45) is 10.1 Å². The number of thioether (sulfide) groups is 1. The first-order valence-corrected chi connectivity index (χ1v) is 14.0. The number of fused-ring (bicyclic) bond motifs is 1. The lowest BCUT2D eigenvalue weighted by Crippen LogP contribution is -2.40. The Hall–Kier alpha value is -2.47. The molecule has 1 saturated carbocycles. The molecule has 34 heavy (non-hydrogen) atoms. The molecule has 0 radical (unpaired) electrons. The Balaban J connectivity index is 1.59. The van der Waals surface area contributed by atoms with Gasteiger partial charge >= 0.3 is 0 Å². The maximum atomic E-state index is 13.7. The van der Waals surface area contributed by atoms with Crippen molar-refractivity contribution in [2.45, 2.75) is 43.0 Å². The molecule has 11 heteroatoms. The summed E-state index contributed by atoms with van der Waals surface area (Å²) in [6, 6.07) is 11.3. The molecule has 5 rings (SSSR count). The summed E-state index contributed by atoms with van der Waals surface area (Å²) in [5.41, 5.74) is 2.19. The van der Waals surface area contributed by atoms with Crippen LogP contribution in [0.5, 0.6) is 0 Å². The van der Waals surface area contributed by atoms with Crippen LogP contribution in [0.3, 0.4) is 0 Å². The second kappa shape index (κ2) is 8.95. The summed E-state index contributed by atoms with van der Waals surface area (Å²) < 4.78 is 24.0. The van der Waals surface area contributed by atoms with Crippen LogP contribution in [0.15, 0.2) is 61.7 Å². The van der Waals surface area contributed by atoms with Crippen LogP contribution in [0.4, 0.5) is 11.4 Å². The zero-order valence-electron chi connectivity index (χ0n) is 18.0. The van der Waals surface area contributed by atoms with Gasteiger partial charge in [0.25, 0.3) is 11.8 Å². The van der Waals surface area contributed by atoms with Crippen molar-refractivity contribution in [2.75, 3.05) is 5.32 Å². The quantitative estimate of drug-likeness (QED) is 0.540. The van der Waals surface area contributed by atoms with Gasteiger partial charge in [-0.3, -0.25) is 14.5 Å². The van der Waals surface area contributed by atoms with E-state index in [1.54, 1.807) is 23.1 Å². The van der Waals surface area contributed by atoms with Gasteiger partial charge in [-0.2, -0.15) is 0 Å². The lowest BCUT2D eigenvalue weighted by Gasteiger charge is -2.30. The molecule has 2 aromatic carbocycles. The topological polar surface area (TPSA) is 122 Å². The summed E-state index contributed by atoms with van der Waals surface area (Å²) >= 11 is 4.63. The van der Waals surface area contributed by atoms with Crippen LogP contribution >= 0.6 is 27.7 Å². The van der Waals surface area contributed by atoms with Gasteiger partial charge in [0.05, 0.1) is 21.1 Å². The molecule has 2 heterocycles. The number of amides is 2. The Bertz CT molecular complexity index is 1360. The number of amidine groups is 1. The van der Waals surface area contributed by atoms with E-state index in [-0.39, 0.29) is 22.8 Å². The lowest BCUT2D eigenvalue weighted by atomic mass is 9.94. The van der Waals surface area contributed by atoms with E-state index < -0.39 is 10.0 Å². The number of nitrogens with two attached hydrogens (primary N) is 1. The first kappa shape index (κ1) is 23.3. The van der Waals surface area contributed by atoms with Gasteiger partial charge in [-0.15, -0.1) is 0 Å². The van der Waals surface area contributed by atoms with E-state index in [4.69, 9.17) is 5.14 Å². The number of primary sulfonamides is 1. The zero-order valence-corrected chi connectivity index (χ0v) is 21.2. The minimum absolute atomic E-state index is 0.000682. The lowest BCUT2D eigenvalue weighted by molar-refractivity contribution is -0.124. The molecule has 1 aliphatic carbocycles. The fourth-order valence-corrected chi connectivity index (χ4v) is 6.49. The van der Waals surface area contributed by atoms with E-state index in [0.717, 1.165) is 36.6 Å². The standard InChI is InChI=1S/C23H21BrN4O4S2/c24-13-6-11-18-17(12-13)19(21(29)27-18)20-22(30)28(15-4-2-1-3-5-15)23(33-20)26-14-7-9-16(10-8-14)34(25,31)32/h6-12,15H,1-5H2,(H,27,29)(H2,25,31,32)/b20-19-,26-23-. The number of anilines is 1. The summed E-state index contributed by atoms with van der Waals surface area (Å²) in [4.78, 5) is 33.3. The van der Waals surface area contributed by atoms with Gasteiger partial charge in [-0.05, 0) is 67.1 Å². The van der Waals surface area contributed by atoms with Gasteiger partial charge in [-0.25, -0.2) is 18.5 Å². The third-order valence-corrected chi connectivity index (χ3v) is 8.57. The largest absolute Gasteiger partial charge is 0.321 e. The molecule has 2 aliphatic heterocycles. The fourth-order valence-electron chi connectivity index (χ4n) is 4.46. The predicted molar refractivity (Wildman–Crippen MR) is 136 cm³/mol. The molecule has 0 bridgehead atoms. The van der Waals surface area contributed by atoms with E-state index >= 15 is 0 Å². The molecule has 0 spiro atoms. The number of aliphatic imine (C=N–C) groups is 1. The SMILES string of the molecule is NS(=O)(=O)c1ccc(/N=C2\S/C(=C3\C(=O)Nc4ccc(Br)cc43)C(=O)N2C2CCCCC2)cc1. The zero-order chi connectivity index (χ0) is 24.0. The average Bonchev–Trinajstić information content (AvgIpc) is 3.28. The summed E-state index contributed by atoms with van der Waals surface area (Å²) in [5, 5.41) is 8.52. The predicted octanol–water partition coefficient (Wildman–Crippen LogP) is 4.36. The maximum Gasteiger partial charge on any atom is 0.267 e. The highest BCUT2D eigenvalue weighted by Crippen LogP contribution is 2.45. The van der Waals surface area contributed by atoms with Gasteiger partial charge in [0.15, 0.2) is 5.17 Å². The molecule has 0 unspecified atom stereocenters. The number of nitrogens with one attached hydrogen (secondary N) is 1. The highest BCUT2D eigenvalue weighted by atomic mass is 79.9. The van der Waals surface area contributed by atoms with Gasteiger partial charge in [0.2, 0.25) is 10.0 Å². The second-order valence-electron chi connectivity index (χ2n) is 8.35. The van der Waals surface area contributed by atoms with Crippen molar-refractivity contribution in [3.63, 3.8) is 0 Å². The molecule has 0 aromatic heterocycles. The number of carbonyl (C=O) groups excluding carboxylic acids is 2. The van der Waals surface area contributed by atoms with E-state index in [2.05, 4.69) is 26.2 Å². The van der Waals surface area contributed by atoms with E-state index in [9.17, 15) is 18.0 Å². The van der Waals surface area contributed by atoms with Crippen LogP contribution in [-0.2, 0) is 19.6 Å². The molecule has 3 N–H and O–H groups in total. The maximum absolute atomic E-state index is 13.7. The second-order valence-corrected chi connectivity index (χ2v) is 11.8. The summed E-state index contributed by atoms with van der Waals surface area (Å²) in [5.74, 6) is -0.541. The number of benzene rings is 2. The van der Waals surface area contributed by atoms with E-state index in [1.165, 1.54) is 23.9 Å². The normalized spacial score (nSPS) is 22.4. The van der Waals surface area contributed by atoms with E-state index in [1.807, 2.05) is 12.1 Å². The molecule has 2 aromatic rings. The molecule has 176 valence electrons. The molecular formula is C23H21BrN4O4S2. The van der Waals surface area contributed by atoms with Crippen LogP contribution in [0.2, 0.25) is 0 Å². The Labute approximate surface area is 209 Å². The molecule has 2 amide bonds. The number of nitrogens with zero attached hydrogens (tertiary/aromatic N) is 2. The van der Waals surface area contributed by atoms with Crippen LogP contribution in [0, 0.1) is 0 Å². The summed E-state index contributed by atoms with van der Waals surface area (Å²) in [6.07, 6.45) is 4.92. The molecule has 1 saturated heterocycles. The van der Waals surface area contributed by atoms with Crippen molar-refractivity contribution >= 4 is 71.6 Å². The monoisotopic (exact) mass is 560 g/mol. The van der Waals surface area contributed by atoms with Gasteiger partial charge in [0, 0.05) is 21.8 Å².